The van der Waals surface area contributed by atoms with Gasteiger partial charge in [-0.15, -0.1) is 0 Å². The minimum absolute atomic E-state index is 0.202. The number of nitrogens with zero attached hydrogens (tertiary/aromatic N) is 1. The first-order valence-corrected chi connectivity index (χ1v) is 6.15. The van der Waals surface area contributed by atoms with Gasteiger partial charge in [0, 0.05) is 20.3 Å². The molecule has 114 valence electrons. The normalized spacial score (nSPS) is 11.4. The third kappa shape index (κ3) is 5.76. The SMILES string of the molecule is CC(=O)N(C(C)=O)C(CCCCC(=O)NN)C(=O)NN. The molecular weight excluding hydrogens is 266 g/mol. The predicted octanol–water partition coefficient (Wildman–Crippen LogP) is -1.71. The number of hydrazine groups is 2. The first kappa shape index (κ1) is 18.0. The molecule has 9 nitrogen and oxygen atoms in total. The fourth-order valence-electron chi connectivity index (χ4n) is 1.83. The van der Waals surface area contributed by atoms with E-state index < -0.39 is 23.8 Å². The lowest BCUT2D eigenvalue weighted by molar-refractivity contribution is -0.150. The Morgan fingerprint density at radius 1 is 1.00 bits per heavy atom. The molecule has 20 heavy (non-hydrogen) atoms. The van der Waals surface area contributed by atoms with Crippen LogP contribution in [0.25, 0.3) is 0 Å². The van der Waals surface area contributed by atoms with E-state index in [9.17, 15) is 19.2 Å². The fraction of sp³-hybridized carbons (Fsp3) is 0.636. The maximum absolute atomic E-state index is 11.7. The highest BCUT2D eigenvalue weighted by Gasteiger charge is 2.30. The lowest BCUT2D eigenvalue weighted by atomic mass is 10.1. The van der Waals surface area contributed by atoms with E-state index in [4.69, 9.17) is 11.7 Å². The number of amides is 4. The molecule has 0 aliphatic rings. The van der Waals surface area contributed by atoms with Crippen molar-refractivity contribution < 1.29 is 19.2 Å². The number of unbranched alkanes of at least 4 members (excludes halogenated alkanes) is 1. The molecule has 0 aliphatic carbocycles. The molecule has 0 aromatic rings. The van der Waals surface area contributed by atoms with Crippen molar-refractivity contribution in [3.63, 3.8) is 0 Å². The summed E-state index contributed by atoms with van der Waals surface area (Å²) in [7, 11) is 0. The number of hydrogen-bond acceptors (Lipinski definition) is 6. The molecule has 0 bridgehead atoms. The van der Waals surface area contributed by atoms with Crippen LogP contribution in [0.3, 0.4) is 0 Å². The summed E-state index contributed by atoms with van der Waals surface area (Å²) in [5.74, 6) is 7.97. The van der Waals surface area contributed by atoms with E-state index in [1.807, 2.05) is 10.9 Å². The number of carbonyl (C=O) groups excluding carboxylic acids is 4. The average Bonchev–Trinajstić information content (AvgIpc) is 2.39. The number of nitrogens with two attached hydrogens (primary N) is 2. The van der Waals surface area contributed by atoms with Crippen molar-refractivity contribution in [3.8, 4) is 0 Å². The summed E-state index contributed by atoms with van der Waals surface area (Å²) >= 11 is 0. The molecule has 0 saturated carbocycles. The van der Waals surface area contributed by atoms with Gasteiger partial charge in [-0.05, 0) is 12.8 Å². The van der Waals surface area contributed by atoms with Gasteiger partial charge in [-0.25, -0.2) is 11.7 Å². The molecule has 0 saturated heterocycles. The molecule has 0 aliphatic heterocycles. The molecule has 0 aromatic carbocycles. The van der Waals surface area contributed by atoms with Crippen molar-refractivity contribution in [2.45, 2.75) is 45.6 Å². The zero-order valence-electron chi connectivity index (χ0n) is 11.6. The van der Waals surface area contributed by atoms with Crippen LogP contribution in [-0.2, 0) is 19.2 Å². The van der Waals surface area contributed by atoms with Crippen molar-refractivity contribution in [2.75, 3.05) is 0 Å². The number of hydrogen-bond donors (Lipinski definition) is 4. The Hall–Kier alpha value is -2.00. The summed E-state index contributed by atoms with van der Waals surface area (Å²) in [5, 5.41) is 0. The minimum Gasteiger partial charge on any atom is -0.294 e. The van der Waals surface area contributed by atoms with Crippen LogP contribution < -0.4 is 22.5 Å². The second-order valence-electron chi connectivity index (χ2n) is 4.25. The zero-order chi connectivity index (χ0) is 15.7. The van der Waals surface area contributed by atoms with Gasteiger partial charge in [-0.1, -0.05) is 6.42 Å². The van der Waals surface area contributed by atoms with Crippen LogP contribution in [0.15, 0.2) is 0 Å². The third-order valence-electron chi connectivity index (χ3n) is 2.73. The lowest BCUT2D eigenvalue weighted by Crippen LogP contribution is -2.52. The van der Waals surface area contributed by atoms with Crippen molar-refractivity contribution in [3.05, 3.63) is 0 Å². The Morgan fingerprint density at radius 2 is 1.55 bits per heavy atom. The predicted molar refractivity (Wildman–Crippen MR) is 70.1 cm³/mol. The molecule has 0 spiro atoms. The van der Waals surface area contributed by atoms with Crippen LogP contribution in [-0.4, -0.2) is 34.6 Å². The van der Waals surface area contributed by atoms with Gasteiger partial charge >= 0.3 is 0 Å². The molecule has 0 rings (SSSR count). The average molecular weight is 287 g/mol. The van der Waals surface area contributed by atoms with E-state index in [2.05, 4.69) is 0 Å². The molecule has 9 heteroatoms. The molecule has 0 aromatic heterocycles. The van der Waals surface area contributed by atoms with Crippen LogP contribution in [0.4, 0.5) is 0 Å². The number of rotatable bonds is 7. The smallest absolute Gasteiger partial charge is 0.257 e. The Kier molecular flexibility index (Phi) is 8.09. The van der Waals surface area contributed by atoms with E-state index in [0.717, 1.165) is 4.90 Å². The molecular formula is C11H21N5O4. The van der Waals surface area contributed by atoms with Gasteiger partial charge in [-0.3, -0.25) is 34.9 Å². The van der Waals surface area contributed by atoms with Gasteiger partial charge in [0.15, 0.2) is 0 Å². The Morgan fingerprint density at radius 3 is 1.95 bits per heavy atom. The van der Waals surface area contributed by atoms with E-state index in [-0.39, 0.29) is 18.7 Å². The van der Waals surface area contributed by atoms with Gasteiger partial charge in [-0.2, -0.15) is 0 Å². The molecule has 0 heterocycles. The maximum Gasteiger partial charge on any atom is 0.257 e. The monoisotopic (exact) mass is 287 g/mol. The van der Waals surface area contributed by atoms with E-state index in [0.29, 0.717) is 12.8 Å². The van der Waals surface area contributed by atoms with Crippen LogP contribution in [0.2, 0.25) is 0 Å². The van der Waals surface area contributed by atoms with Gasteiger partial charge in [0.2, 0.25) is 17.7 Å². The standard InChI is InChI=1S/C11H21N5O4/c1-7(17)16(8(2)18)9(11(20)15-13)5-3-4-6-10(19)14-12/h9H,3-6,12-13H2,1-2H3,(H,14,19)(H,15,20). The van der Waals surface area contributed by atoms with Gasteiger partial charge < -0.3 is 0 Å². The fourth-order valence-corrected chi connectivity index (χ4v) is 1.83. The highest BCUT2D eigenvalue weighted by atomic mass is 16.2. The van der Waals surface area contributed by atoms with Gasteiger partial charge in [0.25, 0.3) is 5.91 Å². The van der Waals surface area contributed by atoms with Crippen LogP contribution >= 0.6 is 0 Å². The zero-order valence-corrected chi connectivity index (χ0v) is 11.6. The second kappa shape index (κ2) is 8.99. The van der Waals surface area contributed by atoms with Crippen molar-refractivity contribution in [2.24, 2.45) is 11.7 Å². The summed E-state index contributed by atoms with van der Waals surface area (Å²) in [4.78, 5) is 46.3. The first-order valence-electron chi connectivity index (χ1n) is 6.15. The highest BCUT2D eigenvalue weighted by molar-refractivity contribution is 5.98. The highest BCUT2D eigenvalue weighted by Crippen LogP contribution is 2.11. The van der Waals surface area contributed by atoms with Crippen LogP contribution in [0.1, 0.15) is 39.5 Å². The Balaban J connectivity index is 4.65. The second-order valence-corrected chi connectivity index (χ2v) is 4.25. The van der Waals surface area contributed by atoms with Crippen molar-refractivity contribution >= 4 is 23.6 Å². The van der Waals surface area contributed by atoms with E-state index in [1.165, 1.54) is 13.8 Å². The molecule has 6 N–H and O–H groups in total. The summed E-state index contributed by atoms with van der Waals surface area (Å²) in [6.07, 6.45) is 1.36. The summed E-state index contributed by atoms with van der Waals surface area (Å²) in [6, 6.07) is -0.976. The van der Waals surface area contributed by atoms with E-state index >= 15 is 0 Å². The molecule has 4 amide bonds. The number of imide groups is 1. The Bertz CT molecular complexity index is 371. The van der Waals surface area contributed by atoms with Crippen LogP contribution in [0, 0.1) is 0 Å². The maximum atomic E-state index is 11.7. The molecule has 0 fully saturated rings. The molecule has 0 radical (unpaired) electrons. The van der Waals surface area contributed by atoms with Gasteiger partial charge in [0.05, 0.1) is 0 Å². The molecule has 1 unspecified atom stereocenters. The largest absolute Gasteiger partial charge is 0.294 e. The minimum atomic E-state index is -0.976. The molecule has 1 atom stereocenters. The quantitative estimate of drug-likeness (QED) is 0.190. The Labute approximate surface area is 117 Å². The summed E-state index contributed by atoms with van der Waals surface area (Å²) in [6.45, 7) is 2.39. The van der Waals surface area contributed by atoms with Gasteiger partial charge in [0.1, 0.15) is 6.04 Å². The third-order valence-corrected chi connectivity index (χ3v) is 2.73. The van der Waals surface area contributed by atoms with E-state index in [1.54, 1.807) is 0 Å². The van der Waals surface area contributed by atoms with Crippen molar-refractivity contribution in [1.29, 1.82) is 0 Å². The van der Waals surface area contributed by atoms with Crippen LogP contribution in [0.5, 0.6) is 0 Å². The summed E-state index contributed by atoms with van der Waals surface area (Å²) < 4.78 is 0. The first-order chi connectivity index (χ1) is 9.34. The topological polar surface area (TPSA) is 148 Å². The number of nitrogens with one attached hydrogen (secondary N) is 2. The lowest BCUT2D eigenvalue weighted by Gasteiger charge is -2.26. The van der Waals surface area contributed by atoms with Crippen molar-refractivity contribution in [1.82, 2.24) is 15.8 Å². The number of carbonyl (C=O) groups is 4. The summed E-state index contributed by atoms with van der Waals surface area (Å²) in [5.41, 5.74) is 3.92.